The Morgan fingerprint density at radius 3 is 2.06 bits per heavy atom. The average molecular weight is 504 g/mol. The Balaban J connectivity index is 1.49. The molecule has 0 aliphatic heterocycles. The van der Waals surface area contributed by atoms with Gasteiger partial charge in [0.2, 0.25) is 19.9 Å². The van der Waals surface area contributed by atoms with Crippen LogP contribution in [0.1, 0.15) is 21.1 Å². The Morgan fingerprint density at radius 1 is 0.848 bits per heavy atom. The highest BCUT2D eigenvalue weighted by Crippen LogP contribution is 2.28. The second-order valence-corrected chi connectivity index (χ2v) is 12.3. The summed E-state index contributed by atoms with van der Waals surface area (Å²) >= 11 is 0.946. The fourth-order valence-electron chi connectivity index (χ4n) is 3.09. The molecule has 0 aliphatic carbocycles. The molecule has 0 atom stereocenters. The first-order valence-corrected chi connectivity index (χ1v) is 13.9. The lowest BCUT2D eigenvalue weighted by molar-refractivity contribution is 0.590. The maximum absolute atomic E-state index is 13.0. The lowest BCUT2D eigenvalue weighted by Gasteiger charge is -2.06. The zero-order chi connectivity index (χ0) is 23.6. The molecule has 4 rings (SSSR count). The molecule has 2 heterocycles. The number of rotatable bonds is 8. The average Bonchev–Trinajstić information content (AvgIpc) is 3.40. The van der Waals surface area contributed by atoms with Gasteiger partial charge in [0.05, 0.1) is 6.20 Å². The van der Waals surface area contributed by atoms with E-state index >= 15 is 0 Å². The number of hydrogen-bond acceptors (Lipinski definition) is 8. The van der Waals surface area contributed by atoms with E-state index in [1.165, 1.54) is 6.20 Å². The summed E-state index contributed by atoms with van der Waals surface area (Å²) in [5.74, 6) is -0.825. The largest absolute Gasteiger partial charge is 0.283 e. The van der Waals surface area contributed by atoms with Gasteiger partial charge >= 0.3 is 0 Å². The molecule has 0 unspecified atom stereocenters. The van der Waals surface area contributed by atoms with Crippen LogP contribution in [0.3, 0.4) is 0 Å². The van der Waals surface area contributed by atoms with Crippen LogP contribution in [0, 0.1) is 13.8 Å². The predicted molar refractivity (Wildman–Crippen MR) is 127 cm³/mol. The molecule has 4 aromatic rings. The summed E-state index contributed by atoms with van der Waals surface area (Å²) in [5.41, 5.74) is 3.69. The fourth-order valence-corrected chi connectivity index (χ4v) is 7.10. The molecular weight excluding hydrogens is 482 g/mol. The number of benzene rings is 2. The first kappa shape index (κ1) is 23.1. The SMILES string of the molecule is Cc1ccc(NS(=O)(=O)Cc2nnc(CS(=O)(=O)c3[nH]ncc3-c3ccc(C)cc3)s2)cc1. The van der Waals surface area contributed by atoms with Crippen molar-refractivity contribution in [3.8, 4) is 11.1 Å². The van der Waals surface area contributed by atoms with Crippen molar-refractivity contribution in [1.82, 2.24) is 20.4 Å². The van der Waals surface area contributed by atoms with E-state index in [2.05, 4.69) is 25.1 Å². The molecule has 0 radical (unpaired) electrons. The lowest BCUT2D eigenvalue weighted by Crippen LogP contribution is -2.14. The van der Waals surface area contributed by atoms with Gasteiger partial charge in [-0.25, -0.2) is 16.8 Å². The van der Waals surface area contributed by atoms with E-state index in [9.17, 15) is 16.8 Å². The van der Waals surface area contributed by atoms with E-state index in [1.807, 2.05) is 38.1 Å². The van der Waals surface area contributed by atoms with Crippen LogP contribution in [-0.2, 0) is 31.4 Å². The highest BCUT2D eigenvalue weighted by atomic mass is 32.2. The number of aryl methyl sites for hydroxylation is 2. The van der Waals surface area contributed by atoms with Crippen molar-refractivity contribution in [3.05, 3.63) is 75.9 Å². The van der Waals surface area contributed by atoms with Gasteiger partial charge in [-0.3, -0.25) is 9.82 Å². The summed E-state index contributed by atoms with van der Waals surface area (Å²) in [5, 5.41) is 14.6. The van der Waals surface area contributed by atoms with E-state index in [0.717, 1.165) is 28.0 Å². The molecule has 0 aliphatic rings. The summed E-state index contributed by atoms with van der Waals surface area (Å²) in [7, 11) is -7.55. The Hall–Kier alpha value is -3.09. The summed E-state index contributed by atoms with van der Waals surface area (Å²) in [6.07, 6.45) is 1.46. The third-order valence-electron chi connectivity index (χ3n) is 4.74. The van der Waals surface area contributed by atoms with Crippen LogP contribution < -0.4 is 4.72 Å². The van der Waals surface area contributed by atoms with Gasteiger partial charge in [0.1, 0.15) is 21.5 Å². The molecule has 172 valence electrons. The second kappa shape index (κ2) is 9.04. The van der Waals surface area contributed by atoms with Crippen molar-refractivity contribution in [1.29, 1.82) is 0 Å². The maximum atomic E-state index is 13.0. The Labute approximate surface area is 195 Å². The molecule has 0 saturated carbocycles. The number of H-pyrrole nitrogens is 1. The van der Waals surface area contributed by atoms with Crippen LogP contribution in [0.2, 0.25) is 0 Å². The number of sulfone groups is 1. The highest BCUT2D eigenvalue weighted by Gasteiger charge is 2.25. The third-order valence-corrected chi connectivity index (χ3v) is 8.81. The van der Waals surface area contributed by atoms with Crippen molar-refractivity contribution in [2.75, 3.05) is 4.72 Å². The van der Waals surface area contributed by atoms with Gasteiger partial charge in [-0.2, -0.15) is 5.10 Å². The Bertz CT molecular complexity index is 1470. The van der Waals surface area contributed by atoms with E-state index in [4.69, 9.17) is 0 Å². The smallest absolute Gasteiger partial charge is 0.239 e. The first-order valence-electron chi connectivity index (χ1n) is 9.83. The van der Waals surface area contributed by atoms with Crippen molar-refractivity contribution >= 4 is 36.9 Å². The molecule has 2 aromatic heterocycles. The fraction of sp³-hybridized carbons (Fsp3) is 0.190. The number of aromatic amines is 1. The van der Waals surface area contributed by atoms with Gasteiger partial charge in [0.25, 0.3) is 0 Å². The zero-order valence-corrected chi connectivity index (χ0v) is 20.3. The van der Waals surface area contributed by atoms with Crippen LogP contribution in [0.5, 0.6) is 0 Å². The van der Waals surface area contributed by atoms with Crippen molar-refractivity contribution < 1.29 is 16.8 Å². The van der Waals surface area contributed by atoms with Crippen LogP contribution in [0.15, 0.2) is 59.8 Å². The molecule has 33 heavy (non-hydrogen) atoms. The highest BCUT2D eigenvalue weighted by molar-refractivity contribution is 7.92. The molecule has 12 heteroatoms. The number of hydrogen-bond donors (Lipinski definition) is 2. The normalized spacial score (nSPS) is 12.1. The monoisotopic (exact) mass is 503 g/mol. The van der Waals surface area contributed by atoms with Gasteiger partial charge in [0.15, 0.2) is 5.03 Å². The van der Waals surface area contributed by atoms with Gasteiger partial charge in [-0.05, 0) is 31.5 Å². The third kappa shape index (κ3) is 5.64. The van der Waals surface area contributed by atoms with Gasteiger partial charge in [-0.15, -0.1) is 10.2 Å². The molecule has 2 aromatic carbocycles. The number of anilines is 1. The summed E-state index contributed by atoms with van der Waals surface area (Å²) in [6, 6.07) is 14.4. The molecule has 0 amide bonds. The van der Waals surface area contributed by atoms with Crippen molar-refractivity contribution in [2.24, 2.45) is 0 Å². The van der Waals surface area contributed by atoms with Crippen LogP contribution >= 0.6 is 11.3 Å². The van der Waals surface area contributed by atoms with Crippen molar-refractivity contribution in [2.45, 2.75) is 30.4 Å². The first-order chi connectivity index (χ1) is 15.6. The Morgan fingerprint density at radius 2 is 1.42 bits per heavy atom. The van der Waals surface area contributed by atoms with Crippen LogP contribution in [-0.4, -0.2) is 37.2 Å². The number of nitrogens with zero attached hydrogens (tertiary/aromatic N) is 3. The molecule has 0 bridgehead atoms. The standard InChI is InChI=1S/C21H21N5O4S3/c1-14-3-7-16(8-4-14)18-11-22-25-21(18)32(27,28)12-19-23-24-20(31-19)13-33(29,30)26-17-9-5-15(2)6-10-17/h3-11,26H,12-13H2,1-2H3,(H,22,25). The molecular formula is C21H21N5O4S3. The minimum atomic E-state index is -3.82. The topological polar surface area (TPSA) is 135 Å². The van der Waals surface area contributed by atoms with Crippen LogP contribution in [0.4, 0.5) is 5.69 Å². The summed E-state index contributed by atoms with van der Waals surface area (Å²) in [4.78, 5) is 0. The lowest BCUT2D eigenvalue weighted by atomic mass is 10.1. The van der Waals surface area contributed by atoms with Gasteiger partial charge in [-0.1, -0.05) is 58.9 Å². The van der Waals surface area contributed by atoms with Gasteiger partial charge in [0, 0.05) is 11.3 Å². The molecule has 0 saturated heterocycles. The summed E-state index contributed by atoms with van der Waals surface area (Å²) < 4.78 is 53.4. The number of aromatic nitrogens is 4. The number of sulfonamides is 1. The quantitative estimate of drug-likeness (QED) is 0.376. The second-order valence-electron chi connectivity index (χ2n) is 7.55. The number of nitrogens with one attached hydrogen (secondary N) is 2. The zero-order valence-electron chi connectivity index (χ0n) is 17.8. The van der Waals surface area contributed by atoms with Crippen LogP contribution in [0.25, 0.3) is 11.1 Å². The maximum Gasteiger partial charge on any atom is 0.239 e. The van der Waals surface area contributed by atoms with Crippen molar-refractivity contribution in [3.63, 3.8) is 0 Å². The molecule has 9 nitrogen and oxygen atoms in total. The Kier molecular flexibility index (Phi) is 6.32. The van der Waals surface area contributed by atoms with E-state index in [1.54, 1.807) is 24.3 Å². The molecule has 0 fully saturated rings. The van der Waals surface area contributed by atoms with E-state index in [0.29, 0.717) is 11.3 Å². The van der Waals surface area contributed by atoms with Gasteiger partial charge < -0.3 is 0 Å². The molecule has 2 N–H and O–H groups in total. The molecule has 0 spiro atoms. The van der Waals surface area contributed by atoms with E-state index in [-0.39, 0.29) is 15.0 Å². The minimum Gasteiger partial charge on any atom is -0.283 e. The predicted octanol–water partition coefficient (Wildman–Crippen LogP) is 3.46. The van der Waals surface area contributed by atoms with E-state index < -0.39 is 31.4 Å². The summed E-state index contributed by atoms with van der Waals surface area (Å²) in [6.45, 7) is 3.85. The minimum absolute atomic E-state index is 0.0169.